The number of hydrogen-bond acceptors (Lipinski definition) is 2. The second-order valence-corrected chi connectivity index (χ2v) is 6.27. The second kappa shape index (κ2) is 8.45. The molecule has 0 saturated carbocycles. The third-order valence-corrected chi connectivity index (χ3v) is 3.94. The number of nitrogens with one attached hydrogen (secondary N) is 2. The maximum atomic E-state index is 13.9. The van der Waals surface area contributed by atoms with Gasteiger partial charge < -0.3 is 15.4 Å². The molecule has 0 aromatic heterocycles. The predicted octanol–water partition coefficient (Wildman–Crippen LogP) is 5.52. The minimum Gasteiger partial charge on any atom is -0.489 e. The van der Waals surface area contributed by atoms with E-state index in [4.69, 9.17) is 17.0 Å². The molecule has 3 rings (SSSR count). The maximum Gasteiger partial charge on any atom is 0.175 e. The van der Waals surface area contributed by atoms with Crippen LogP contribution in [0.15, 0.2) is 72.8 Å². The Labute approximate surface area is 157 Å². The van der Waals surface area contributed by atoms with Crippen LogP contribution >= 0.6 is 12.2 Å². The summed E-state index contributed by atoms with van der Waals surface area (Å²) in [5.41, 5.74) is 3.11. The van der Waals surface area contributed by atoms with Crippen molar-refractivity contribution in [2.45, 2.75) is 13.5 Å². The lowest BCUT2D eigenvalue weighted by atomic mass is 10.2. The second-order valence-electron chi connectivity index (χ2n) is 5.86. The highest BCUT2D eigenvalue weighted by Gasteiger charge is 2.05. The molecule has 3 aromatic rings. The van der Waals surface area contributed by atoms with Crippen LogP contribution in [-0.2, 0) is 6.61 Å². The normalized spacial score (nSPS) is 10.2. The van der Waals surface area contributed by atoms with Crippen molar-refractivity contribution >= 4 is 28.7 Å². The first-order valence-electron chi connectivity index (χ1n) is 8.21. The molecule has 26 heavy (non-hydrogen) atoms. The van der Waals surface area contributed by atoms with Crippen molar-refractivity contribution in [2.24, 2.45) is 0 Å². The van der Waals surface area contributed by atoms with Crippen molar-refractivity contribution in [3.05, 3.63) is 89.7 Å². The SMILES string of the molecule is Cc1ccc(NC(=S)Nc2ccc(OCc3ccccc3)cc2)c(F)c1. The standard InChI is InChI=1S/C21H19FN2OS/c1-15-7-12-20(19(22)13-15)24-21(26)23-17-8-10-18(11-9-17)25-14-16-5-3-2-4-6-16/h2-13H,14H2,1H3,(H2,23,24,26). The summed E-state index contributed by atoms with van der Waals surface area (Å²) in [6.45, 7) is 2.35. The lowest BCUT2D eigenvalue weighted by Gasteiger charge is -2.12. The first-order chi connectivity index (χ1) is 12.6. The third kappa shape index (κ3) is 5.04. The molecule has 0 atom stereocenters. The van der Waals surface area contributed by atoms with E-state index in [1.54, 1.807) is 6.07 Å². The molecule has 3 aromatic carbocycles. The molecule has 0 radical (unpaired) electrons. The summed E-state index contributed by atoms with van der Waals surface area (Å²) in [7, 11) is 0. The molecule has 0 bridgehead atoms. The number of anilines is 2. The molecule has 3 nitrogen and oxygen atoms in total. The van der Waals surface area contributed by atoms with E-state index in [1.807, 2.05) is 67.6 Å². The smallest absolute Gasteiger partial charge is 0.175 e. The van der Waals surface area contributed by atoms with Gasteiger partial charge in [0, 0.05) is 5.69 Å². The molecule has 0 heterocycles. The van der Waals surface area contributed by atoms with E-state index in [2.05, 4.69) is 10.6 Å². The third-order valence-electron chi connectivity index (χ3n) is 3.73. The highest BCUT2D eigenvalue weighted by molar-refractivity contribution is 7.80. The zero-order valence-corrected chi connectivity index (χ0v) is 15.1. The lowest BCUT2D eigenvalue weighted by molar-refractivity contribution is 0.306. The van der Waals surface area contributed by atoms with Crippen molar-refractivity contribution in [1.82, 2.24) is 0 Å². The Bertz CT molecular complexity index is 882. The number of hydrogen-bond donors (Lipinski definition) is 2. The lowest BCUT2D eigenvalue weighted by Crippen LogP contribution is -2.19. The van der Waals surface area contributed by atoms with Crippen LogP contribution in [0.5, 0.6) is 5.75 Å². The van der Waals surface area contributed by atoms with E-state index < -0.39 is 0 Å². The van der Waals surface area contributed by atoms with Gasteiger partial charge in [0.05, 0.1) is 5.69 Å². The summed E-state index contributed by atoms with van der Waals surface area (Å²) in [4.78, 5) is 0. The van der Waals surface area contributed by atoms with Crippen LogP contribution in [-0.4, -0.2) is 5.11 Å². The van der Waals surface area contributed by atoms with E-state index in [0.717, 1.165) is 22.6 Å². The fourth-order valence-corrected chi connectivity index (χ4v) is 2.61. The Morgan fingerprint density at radius 3 is 2.38 bits per heavy atom. The Kier molecular flexibility index (Phi) is 5.81. The van der Waals surface area contributed by atoms with Crippen LogP contribution in [0.25, 0.3) is 0 Å². The van der Waals surface area contributed by atoms with E-state index in [1.165, 1.54) is 6.07 Å². The van der Waals surface area contributed by atoms with Crippen molar-refractivity contribution in [3.63, 3.8) is 0 Å². The molecule has 0 aliphatic carbocycles. The average Bonchev–Trinajstić information content (AvgIpc) is 2.64. The van der Waals surface area contributed by atoms with Crippen LogP contribution in [0, 0.1) is 12.7 Å². The van der Waals surface area contributed by atoms with Gasteiger partial charge in [-0.25, -0.2) is 4.39 Å². The Morgan fingerprint density at radius 2 is 1.69 bits per heavy atom. The molecule has 0 amide bonds. The Morgan fingerprint density at radius 1 is 0.962 bits per heavy atom. The number of thiocarbonyl (C=S) groups is 1. The Balaban J connectivity index is 1.54. The molecule has 5 heteroatoms. The minimum atomic E-state index is -0.334. The van der Waals surface area contributed by atoms with Gasteiger partial charge in [0.25, 0.3) is 0 Å². The summed E-state index contributed by atoms with van der Waals surface area (Å²) < 4.78 is 19.6. The monoisotopic (exact) mass is 366 g/mol. The average molecular weight is 366 g/mol. The van der Waals surface area contributed by atoms with Crippen molar-refractivity contribution in [1.29, 1.82) is 0 Å². The predicted molar refractivity (Wildman–Crippen MR) is 108 cm³/mol. The van der Waals surface area contributed by atoms with Gasteiger partial charge in [-0.2, -0.15) is 0 Å². The maximum absolute atomic E-state index is 13.9. The zero-order chi connectivity index (χ0) is 18.4. The first kappa shape index (κ1) is 17.9. The topological polar surface area (TPSA) is 33.3 Å². The molecule has 0 fully saturated rings. The molecule has 0 spiro atoms. The van der Waals surface area contributed by atoms with E-state index in [0.29, 0.717) is 17.4 Å². The minimum absolute atomic E-state index is 0.325. The van der Waals surface area contributed by atoms with Crippen LogP contribution in [0.3, 0.4) is 0 Å². The van der Waals surface area contributed by atoms with Gasteiger partial charge >= 0.3 is 0 Å². The number of aryl methyl sites for hydroxylation is 1. The van der Waals surface area contributed by atoms with Gasteiger partial charge in [-0.3, -0.25) is 0 Å². The molecule has 0 saturated heterocycles. The molecule has 0 aliphatic rings. The van der Waals surface area contributed by atoms with E-state index in [-0.39, 0.29) is 5.82 Å². The van der Waals surface area contributed by atoms with Crippen LogP contribution in [0.2, 0.25) is 0 Å². The largest absolute Gasteiger partial charge is 0.489 e. The zero-order valence-electron chi connectivity index (χ0n) is 14.3. The summed E-state index contributed by atoms with van der Waals surface area (Å²) >= 11 is 5.24. The van der Waals surface area contributed by atoms with Gasteiger partial charge in [0.1, 0.15) is 18.2 Å². The number of benzene rings is 3. The van der Waals surface area contributed by atoms with E-state index >= 15 is 0 Å². The molecule has 0 aliphatic heterocycles. The summed E-state index contributed by atoms with van der Waals surface area (Å²) in [5, 5.41) is 6.22. The number of halogens is 1. The summed E-state index contributed by atoms with van der Waals surface area (Å²) in [6.07, 6.45) is 0. The quantitative estimate of drug-likeness (QED) is 0.582. The van der Waals surface area contributed by atoms with Gasteiger partial charge in [-0.05, 0) is 66.7 Å². The van der Waals surface area contributed by atoms with Gasteiger partial charge in [-0.1, -0.05) is 36.4 Å². The molecular formula is C21H19FN2OS. The summed E-state index contributed by atoms with van der Waals surface area (Å²) in [6, 6.07) is 22.4. The molecule has 132 valence electrons. The Hall–Kier alpha value is -2.92. The molecule has 0 unspecified atom stereocenters. The fourth-order valence-electron chi connectivity index (χ4n) is 2.38. The van der Waals surface area contributed by atoms with Gasteiger partial charge in [0.2, 0.25) is 0 Å². The van der Waals surface area contributed by atoms with Crippen molar-refractivity contribution in [2.75, 3.05) is 10.6 Å². The number of ether oxygens (including phenoxy) is 1. The van der Waals surface area contributed by atoms with Crippen LogP contribution in [0.1, 0.15) is 11.1 Å². The molecular weight excluding hydrogens is 347 g/mol. The van der Waals surface area contributed by atoms with Gasteiger partial charge in [-0.15, -0.1) is 0 Å². The van der Waals surface area contributed by atoms with Crippen LogP contribution < -0.4 is 15.4 Å². The molecule has 2 N–H and O–H groups in total. The highest BCUT2D eigenvalue weighted by Crippen LogP contribution is 2.19. The van der Waals surface area contributed by atoms with Crippen molar-refractivity contribution in [3.8, 4) is 5.75 Å². The van der Waals surface area contributed by atoms with Crippen LogP contribution in [0.4, 0.5) is 15.8 Å². The van der Waals surface area contributed by atoms with E-state index in [9.17, 15) is 4.39 Å². The highest BCUT2D eigenvalue weighted by atomic mass is 32.1. The fraction of sp³-hybridized carbons (Fsp3) is 0.0952. The first-order valence-corrected chi connectivity index (χ1v) is 8.62. The summed E-state index contributed by atoms with van der Waals surface area (Å²) in [5.74, 6) is 0.432. The van der Waals surface area contributed by atoms with Gasteiger partial charge in [0.15, 0.2) is 5.11 Å². The number of rotatable bonds is 5. The van der Waals surface area contributed by atoms with Crippen molar-refractivity contribution < 1.29 is 9.13 Å².